The van der Waals surface area contributed by atoms with E-state index >= 15 is 0 Å². The van der Waals surface area contributed by atoms with Gasteiger partial charge in [0.1, 0.15) is 11.2 Å². The number of nitrogens with zero attached hydrogens (tertiary/aromatic N) is 2. The molecule has 0 unspecified atom stereocenters. The third kappa shape index (κ3) is 4.00. The molecule has 1 fully saturated rings. The fourth-order valence-corrected chi connectivity index (χ4v) is 3.20. The lowest BCUT2D eigenvalue weighted by atomic mass is 9.90. The Morgan fingerprint density at radius 2 is 1.96 bits per heavy atom. The average molecular weight is 343 g/mol. The second-order valence-corrected chi connectivity index (χ2v) is 7.69. The third-order valence-electron chi connectivity index (χ3n) is 4.46. The van der Waals surface area contributed by atoms with Crippen LogP contribution in [0.25, 0.3) is 11.0 Å². The lowest BCUT2D eigenvalue weighted by Crippen LogP contribution is -2.41. The molecule has 1 aliphatic heterocycles. The Kier molecular flexibility index (Phi) is 4.54. The molecule has 134 valence electrons. The van der Waals surface area contributed by atoms with Crippen LogP contribution >= 0.6 is 0 Å². The molecule has 0 atom stereocenters. The molecule has 0 radical (unpaired) electrons. The molecular weight excluding hydrogens is 318 g/mol. The smallest absolute Gasteiger partial charge is 0.410 e. The first-order valence-electron chi connectivity index (χ1n) is 8.71. The molecule has 6 heteroatoms. The highest BCUT2D eigenvalue weighted by atomic mass is 16.6. The number of aromatic amines is 1. The molecule has 1 amide bonds. The molecular formula is C19H25N3O3. The molecule has 1 aliphatic rings. The Labute approximate surface area is 147 Å². The number of carbonyl (C=O) groups excluding carboxylic acids is 1. The van der Waals surface area contributed by atoms with Crippen LogP contribution in [0.4, 0.5) is 4.79 Å². The van der Waals surface area contributed by atoms with Crippen molar-refractivity contribution in [3.63, 3.8) is 0 Å². The van der Waals surface area contributed by atoms with Crippen molar-refractivity contribution in [1.82, 2.24) is 14.9 Å². The van der Waals surface area contributed by atoms with Crippen LogP contribution in [0.2, 0.25) is 0 Å². The topological polar surface area (TPSA) is 75.3 Å². The standard InChI is InChI=1S/C19H25N3O3/c1-12-5-6-14-11-15(17(23)21-16(14)20-12)13-7-9-22(10-8-13)18(24)25-19(2,3)4/h5-6,11,13H,7-10H2,1-4H3,(H,20,21,23). The lowest BCUT2D eigenvalue weighted by molar-refractivity contribution is 0.0204. The molecule has 0 spiro atoms. The van der Waals surface area contributed by atoms with Gasteiger partial charge in [0.25, 0.3) is 5.56 Å². The van der Waals surface area contributed by atoms with Crippen molar-refractivity contribution in [2.75, 3.05) is 13.1 Å². The minimum Gasteiger partial charge on any atom is -0.444 e. The predicted molar refractivity (Wildman–Crippen MR) is 96.9 cm³/mol. The van der Waals surface area contributed by atoms with E-state index in [0.29, 0.717) is 18.7 Å². The van der Waals surface area contributed by atoms with Gasteiger partial charge in [-0.1, -0.05) is 0 Å². The summed E-state index contributed by atoms with van der Waals surface area (Å²) in [7, 11) is 0. The maximum Gasteiger partial charge on any atom is 0.410 e. The molecule has 6 nitrogen and oxygen atoms in total. The first-order chi connectivity index (χ1) is 11.7. The number of aryl methyl sites for hydroxylation is 1. The zero-order chi connectivity index (χ0) is 18.2. The molecule has 25 heavy (non-hydrogen) atoms. The molecule has 1 N–H and O–H groups in total. The highest BCUT2D eigenvalue weighted by Gasteiger charge is 2.28. The van der Waals surface area contributed by atoms with Gasteiger partial charge in [0.15, 0.2) is 0 Å². The molecule has 0 saturated carbocycles. The monoisotopic (exact) mass is 343 g/mol. The zero-order valence-corrected chi connectivity index (χ0v) is 15.3. The molecule has 3 heterocycles. The second-order valence-electron chi connectivity index (χ2n) is 7.69. The van der Waals surface area contributed by atoms with E-state index in [9.17, 15) is 9.59 Å². The molecule has 2 aromatic heterocycles. The van der Waals surface area contributed by atoms with E-state index in [1.165, 1.54) is 0 Å². The summed E-state index contributed by atoms with van der Waals surface area (Å²) in [6.07, 6.45) is 1.23. The quantitative estimate of drug-likeness (QED) is 0.861. The van der Waals surface area contributed by atoms with Gasteiger partial charge >= 0.3 is 6.09 Å². The molecule has 0 bridgehead atoms. The number of carbonyl (C=O) groups is 1. The summed E-state index contributed by atoms with van der Waals surface area (Å²) in [5, 5.41) is 0.940. The van der Waals surface area contributed by atoms with Gasteiger partial charge in [-0.3, -0.25) is 4.79 Å². The van der Waals surface area contributed by atoms with Gasteiger partial charge in [0, 0.05) is 29.7 Å². The summed E-state index contributed by atoms with van der Waals surface area (Å²) >= 11 is 0. The van der Waals surface area contributed by atoms with E-state index in [1.54, 1.807) is 4.90 Å². The summed E-state index contributed by atoms with van der Waals surface area (Å²) < 4.78 is 5.42. The number of hydrogen-bond donors (Lipinski definition) is 1. The van der Waals surface area contributed by atoms with E-state index in [0.717, 1.165) is 29.5 Å². The molecule has 3 rings (SSSR count). The van der Waals surface area contributed by atoms with Crippen LogP contribution < -0.4 is 5.56 Å². The maximum atomic E-state index is 12.4. The number of nitrogens with one attached hydrogen (secondary N) is 1. The zero-order valence-electron chi connectivity index (χ0n) is 15.3. The van der Waals surface area contributed by atoms with Crippen LogP contribution in [-0.2, 0) is 4.74 Å². The van der Waals surface area contributed by atoms with E-state index < -0.39 is 5.60 Å². The summed E-state index contributed by atoms with van der Waals surface area (Å²) in [4.78, 5) is 33.6. The Morgan fingerprint density at radius 3 is 2.60 bits per heavy atom. The van der Waals surface area contributed by atoms with E-state index in [1.807, 2.05) is 45.9 Å². The number of rotatable bonds is 1. The Balaban J connectivity index is 1.74. The van der Waals surface area contributed by atoms with Gasteiger partial charge in [0.05, 0.1) is 0 Å². The number of hydrogen-bond acceptors (Lipinski definition) is 4. The van der Waals surface area contributed by atoms with E-state index in [-0.39, 0.29) is 17.6 Å². The number of fused-ring (bicyclic) bond motifs is 1. The van der Waals surface area contributed by atoms with Gasteiger partial charge in [0.2, 0.25) is 0 Å². The number of piperidine rings is 1. The van der Waals surface area contributed by atoms with Gasteiger partial charge < -0.3 is 14.6 Å². The highest BCUT2D eigenvalue weighted by molar-refractivity contribution is 5.75. The molecule has 2 aromatic rings. The van der Waals surface area contributed by atoms with Crippen molar-refractivity contribution in [1.29, 1.82) is 0 Å². The second kappa shape index (κ2) is 6.50. The van der Waals surface area contributed by atoms with Crippen LogP contribution in [0.3, 0.4) is 0 Å². The Morgan fingerprint density at radius 1 is 1.28 bits per heavy atom. The highest BCUT2D eigenvalue weighted by Crippen LogP contribution is 2.28. The van der Waals surface area contributed by atoms with Gasteiger partial charge in [-0.15, -0.1) is 0 Å². The number of H-pyrrole nitrogens is 1. The van der Waals surface area contributed by atoms with Crippen LogP contribution in [0.15, 0.2) is 23.0 Å². The van der Waals surface area contributed by atoms with Crippen molar-refractivity contribution in [2.45, 2.75) is 52.1 Å². The van der Waals surface area contributed by atoms with Crippen molar-refractivity contribution < 1.29 is 9.53 Å². The minimum atomic E-state index is -0.492. The van der Waals surface area contributed by atoms with Gasteiger partial charge in [-0.2, -0.15) is 0 Å². The fourth-order valence-electron chi connectivity index (χ4n) is 3.20. The molecule has 0 aliphatic carbocycles. The van der Waals surface area contributed by atoms with Crippen molar-refractivity contribution in [2.24, 2.45) is 0 Å². The first-order valence-corrected chi connectivity index (χ1v) is 8.71. The van der Waals surface area contributed by atoms with Gasteiger partial charge in [-0.25, -0.2) is 9.78 Å². The van der Waals surface area contributed by atoms with Crippen molar-refractivity contribution in [3.05, 3.63) is 39.8 Å². The van der Waals surface area contributed by atoms with Gasteiger partial charge in [-0.05, 0) is 64.7 Å². The fraction of sp³-hybridized carbons (Fsp3) is 0.526. The Bertz CT molecular complexity index is 843. The third-order valence-corrected chi connectivity index (χ3v) is 4.46. The lowest BCUT2D eigenvalue weighted by Gasteiger charge is -2.33. The number of amides is 1. The normalized spacial score (nSPS) is 16.2. The maximum absolute atomic E-state index is 12.4. The minimum absolute atomic E-state index is 0.0821. The summed E-state index contributed by atoms with van der Waals surface area (Å²) in [6.45, 7) is 8.69. The van der Waals surface area contributed by atoms with E-state index in [4.69, 9.17) is 4.74 Å². The summed E-state index contributed by atoms with van der Waals surface area (Å²) in [5.41, 5.74) is 1.71. The van der Waals surface area contributed by atoms with Crippen LogP contribution in [-0.4, -0.2) is 39.7 Å². The average Bonchev–Trinajstić information content (AvgIpc) is 2.52. The summed E-state index contributed by atoms with van der Waals surface area (Å²) in [5.74, 6) is 0.146. The molecule has 1 saturated heterocycles. The van der Waals surface area contributed by atoms with Crippen molar-refractivity contribution in [3.8, 4) is 0 Å². The van der Waals surface area contributed by atoms with E-state index in [2.05, 4.69) is 9.97 Å². The number of pyridine rings is 2. The number of ether oxygens (including phenoxy) is 1. The van der Waals surface area contributed by atoms with Crippen molar-refractivity contribution >= 4 is 17.1 Å². The number of aromatic nitrogens is 2. The SMILES string of the molecule is Cc1ccc2cc(C3CCN(C(=O)OC(C)(C)C)CC3)c(=O)[nH]c2n1. The summed E-state index contributed by atoms with van der Waals surface area (Å²) in [6, 6.07) is 5.86. The van der Waals surface area contributed by atoms with Crippen LogP contribution in [0.5, 0.6) is 0 Å². The Hall–Kier alpha value is -2.37. The van der Waals surface area contributed by atoms with Crippen LogP contribution in [0.1, 0.15) is 50.8 Å². The molecule has 0 aromatic carbocycles. The first kappa shape index (κ1) is 17.5. The largest absolute Gasteiger partial charge is 0.444 e. The number of likely N-dealkylation sites (tertiary alicyclic amines) is 1. The van der Waals surface area contributed by atoms with Crippen LogP contribution in [0, 0.1) is 6.92 Å². The predicted octanol–water partition coefficient (Wildman–Crippen LogP) is 3.35.